The van der Waals surface area contributed by atoms with Gasteiger partial charge >= 0.3 is 0 Å². The predicted octanol–water partition coefficient (Wildman–Crippen LogP) is 3.36. The van der Waals surface area contributed by atoms with Crippen molar-refractivity contribution >= 4 is 5.69 Å². The van der Waals surface area contributed by atoms with Crippen molar-refractivity contribution in [1.82, 2.24) is 0 Å². The fourth-order valence-corrected chi connectivity index (χ4v) is 2.17. The maximum absolute atomic E-state index is 9.16. The zero-order chi connectivity index (χ0) is 13.0. The Bertz CT molecular complexity index is 360. The smallest absolute Gasteiger partial charge is 0.0684 e. The van der Waals surface area contributed by atoms with Crippen molar-refractivity contribution in [3.05, 3.63) is 29.3 Å². The lowest BCUT2D eigenvalue weighted by Crippen LogP contribution is -2.30. The second kappa shape index (κ2) is 6.06. The lowest BCUT2D eigenvalue weighted by Gasteiger charge is -2.29. The molecule has 0 aliphatic heterocycles. The molecule has 2 heteroatoms. The Morgan fingerprint density at radius 1 is 1.24 bits per heavy atom. The van der Waals surface area contributed by atoms with E-state index in [0.717, 1.165) is 11.1 Å². The first-order valence-corrected chi connectivity index (χ1v) is 6.39. The molecule has 0 spiro atoms. The van der Waals surface area contributed by atoms with E-state index in [1.54, 1.807) is 0 Å². The zero-order valence-electron chi connectivity index (χ0n) is 11.7. The second-order valence-electron chi connectivity index (χ2n) is 5.36. The SMILES string of the molecule is Cc1cc(N(C)C(C)CC(C)C)ccc1CO. The molecule has 0 aromatic heterocycles. The van der Waals surface area contributed by atoms with Crippen LogP contribution in [-0.2, 0) is 6.61 Å². The van der Waals surface area contributed by atoms with E-state index in [1.165, 1.54) is 12.1 Å². The van der Waals surface area contributed by atoms with Crippen LogP contribution < -0.4 is 4.90 Å². The largest absolute Gasteiger partial charge is 0.392 e. The number of aryl methyl sites for hydroxylation is 1. The second-order valence-corrected chi connectivity index (χ2v) is 5.36. The van der Waals surface area contributed by atoms with Crippen LogP contribution in [0.5, 0.6) is 0 Å². The van der Waals surface area contributed by atoms with Crippen LogP contribution in [-0.4, -0.2) is 18.2 Å². The zero-order valence-corrected chi connectivity index (χ0v) is 11.7. The highest BCUT2D eigenvalue weighted by molar-refractivity contribution is 5.50. The summed E-state index contributed by atoms with van der Waals surface area (Å²) in [5, 5.41) is 9.16. The van der Waals surface area contributed by atoms with E-state index in [1.807, 2.05) is 6.07 Å². The minimum atomic E-state index is 0.122. The van der Waals surface area contributed by atoms with Gasteiger partial charge in [-0.2, -0.15) is 0 Å². The summed E-state index contributed by atoms with van der Waals surface area (Å²) in [6.07, 6.45) is 1.19. The van der Waals surface area contributed by atoms with Crippen molar-refractivity contribution < 1.29 is 5.11 Å². The van der Waals surface area contributed by atoms with Gasteiger partial charge in [0.1, 0.15) is 0 Å². The number of anilines is 1. The monoisotopic (exact) mass is 235 g/mol. The Morgan fingerprint density at radius 2 is 1.88 bits per heavy atom. The predicted molar refractivity (Wildman–Crippen MR) is 74.4 cm³/mol. The van der Waals surface area contributed by atoms with Gasteiger partial charge in [-0.05, 0) is 49.4 Å². The van der Waals surface area contributed by atoms with Gasteiger partial charge in [0, 0.05) is 18.8 Å². The van der Waals surface area contributed by atoms with Crippen LogP contribution >= 0.6 is 0 Å². The molecule has 1 unspecified atom stereocenters. The first-order chi connectivity index (χ1) is 7.95. The van der Waals surface area contributed by atoms with Crippen molar-refractivity contribution in [2.24, 2.45) is 5.92 Å². The lowest BCUT2D eigenvalue weighted by molar-refractivity contribution is 0.281. The molecule has 1 aromatic rings. The van der Waals surface area contributed by atoms with Gasteiger partial charge in [0.2, 0.25) is 0 Å². The third-order valence-corrected chi connectivity index (χ3v) is 3.38. The molecule has 2 nitrogen and oxygen atoms in total. The first kappa shape index (κ1) is 14.0. The fourth-order valence-electron chi connectivity index (χ4n) is 2.17. The van der Waals surface area contributed by atoms with Crippen LogP contribution in [0.1, 0.15) is 38.3 Å². The van der Waals surface area contributed by atoms with Crippen molar-refractivity contribution in [2.75, 3.05) is 11.9 Å². The molecule has 1 aromatic carbocycles. The minimum absolute atomic E-state index is 0.122. The highest BCUT2D eigenvalue weighted by Crippen LogP contribution is 2.22. The van der Waals surface area contributed by atoms with Gasteiger partial charge in [0.15, 0.2) is 0 Å². The highest BCUT2D eigenvalue weighted by Gasteiger charge is 2.12. The normalized spacial score (nSPS) is 12.9. The Hall–Kier alpha value is -1.02. The fraction of sp³-hybridized carbons (Fsp3) is 0.600. The van der Waals surface area contributed by atoms with Crippen LogP contribution in [0.25, 0.3) is 0 Å². The molecule has 17 heavy (non-hydrogen) atoms. The van der Waals surface area contributed by atoms with Crippen LogP contribution in [0.2, 0.25) is 0 Å². The molecular formula is C15H25NO. The molecule has 0 heterocycles. The van der Waals surface area contributed by atoms with Crippen molar-refractivity contribution in [1.29, 1.82) is 0 Å². The van der Waals surface area contributed by atoms with Gasteiger partial charge in [-0.3, -0.25) is 0 Å². The van der Waals surface area contributed by atoms with Gasteiger partial charge in [0.05, 0.1) is 6.61 Å². The standard InChI is InChI=1S/C15H25NO/c1-11(2)8-13(4)16(5)15-7-6-14(10-17)12(3)9-15/h6-7,9,11,13,17H,8,10H2,1-5H3. The molecule has 0 radical (unpaired) electrons. The molecule has 1 rings (SSSR count). The maximum atomic E-state index is 9.16. The molecule has 0 fully saturated rings. The Labute approximate surface area is 105 Å². The minimum Gasteiger partial charge on any atom is -0.392 e. The van der Waals surface area contributed by atoms with Crippen LogP contribution in [0.3, 0.4) is 0 Å². The van der Waals surface area contributed by atoms with Crippen molar-refractivity contribution in [3.63, 3.8) is 0 Å². The van der Waals surface area contributed by atoms with Gasteiger partial charge in [0.25, 0.3) is 0 Å². The molecular weight excluding hydrogens is 210 g/mol. The summed E-state index contributed by atoms with van der Waals surface area (Å²) in [7, 11) is 2.14. The molecule has 0 saturated heterocycles. The molecule has 0 bridgehead atoms. The Kier molecular flexibility index (Phi) is 5.01. The summed E-state index contributed by atoms with van der Waals surface area (Å²) in [4.78, 5) is 2.31. The van der Waals surface area contributed by atoms with E-state index < -0.39 is 0 Å². The van der Waals surface area contributed by atoms with E-state index in [2.05, 4.69) is 51.8 Å². The van der Waals surface area contributed by atoms with E-state index in [9.17, 15) is 0 Å². The van der Waals surface area contributed by atoms with Crippen molar-refractivity contribution in [3.8, 4) is 0 Å². The number of benzene rings is 1. The first-order valence-electron chi connectivity index (χ1n) is 6.39. The molecule has 0 aliphatic carbocycles. The molecule has 0 saturated carbocycles. The van der Waals surface area contributed by atoms with Crippen LogP contribution in [0, 0.1) is 12.8 Å². The number of hydrogen-bond donors (Lipinski definition) is 1. The quantitative estimate of drug-likeness (QED) is 0.846. The summed E-state index contributed by atoms with van der Waals surface area (Å²) in [5.41, 5.74) is 3.40. The topological polar surface area (TPSA) is 23.5 Å². The third kappa shape index (κ3) is 3.74. The molecule has 0 aliphatic rings. The summed E-state index contributed by atoms with van der Waals surface area (Å²) in [6, 6.07) is 6.80. The molecule has 0 amide bonds. The summed E-state index contributed by atoms with van der Waals surface area (Å²) in [5.74, 6) is 0.713. The Morgan fingerprint density at radius 3 is 2.35 bits per heavy atom. The number of aliphatic hydroxyl groups excluding tert-OH is 1. The van der Waals surface area contributed by atoms with Gasteiger partial charge in [-0.15, -0.1) is 0 Å². The van der Waals surface area contributed by atoms with Crippen molar-refractivity contribution in [2.45, 2.75) is 46.8 Å². The number of rotatable bonds is 5. The molecule has 96 valence electrons. The maximum Gasteiger partial charge on any atom is 0.0684 e. The van der Waals surface area contributed by atoms with Gasteiger partial charge in [-0.25, -0.2) is 0 Å². The summed E-state index contributed by atoms with van der Waals surface area (Å²) in [6.45, 7) is 8.94. The number of aliphatic hydroxyl groups is 1. The van der Waals surface area contributed by atoms with E-state index in [0.29, 0.717) is 12.0 Å². The van der Waals surface area contributed by atoms with Gasteiger partial charge in [-0.1, -0.05) is 19.9 Å². The average Bonchev–Trinajstić information content (AvgIpc) is 2.27. The highest BCUT2D eigenvalue weighted by atomic mass is 16.3. The van der Waals surface area contributed by atoms with Crippen LogP contribution in [0.4, 0.5) is 5.69 Å². The van der Waals surface area contributed by atoms with E-state index >= 15 is 0 Å². The van der Waals surface area contributed by atoms with Crippen LogP contribution in [0.15, 0.2) is 18.2 Å². The number of hydrogen-bond acceptors (Lipinski definition) is 2. The Balaban J connectivity index is 2.82. The average molecular weight is 235 g/mol. The lowest BCUT2D eigenvalue weighted by atomic mass is 10.0. The molecule has 1 atom stereocenters. The van der Waals surface area contributed by atoms with E-state index in [4.69, 9.17) is 5.11 Å². The summed E-state index contributed by atoms with van der Waals surface area (Å²) >= 11 is 0. The third-order valence-electron chi connectivity index (χ3n) is 3.38. The number of nitrogens with zero attached hydrogens (tertiary/aromatic N) is 1. The van der Waals surface area contributed by atoms with E-state index in [-0.39, 0.29) is 6.61 Å². The van der Waals surface area contributed by atoms with Gasteiger partial charge < -0.3 is 10.0 Å². The molecule has 1 N–H and O–H groups in total. The summed E-state index contributed by atoms with van der Waals surface area (Å²) < 4.78 is 0.